The molecule has 0 spiro atoms. The maximum absolute atomic E-state index is 10.9. The standard InChI is InChI=1S/C7H11N3O3S/c1-2-12-6(11)4-14-7-10-9-5(3-8)13-7/h2-4,8H2,1H3. The lowest BCUT2D eigenvalue weighted by atomic mass is 10.7. The Labute approximate surface area is 85.2 Å². The summed E-state index contributed by atoms with van der Waals surface area (Å²) in [6.07, 6.45) is 0. The largest absolute Gasteiger partial charge is 0.465 e. The number of ether oxygens (including phenoxy) is 1. The molecule has 0 saturated carbocycles. The van der Waals surface area contributed by atoms with Crippen molar-refractivity contribution in [1.82, 2.24) is 10.2 Å². The Hall–Kier alpha value is -1.08. The third kappa shape index (κ3) is 3.35. The third-order valence-corrected chi connectivity index (χ3v) is 2.03. The second-order valence-electron chi connectivity index (χ2n) is 2.26. The lowest BCUT2D eigenvalue weighted by Gasteiger charge is -1.97. The van der Waals surface area contributed by atoms with Crippen LogP contribution in [0.3, 0.4) is 0 Å². The Morgan fingerprint density at radius 3 is 3.00 bits per heavy atom. The molecule has 0 atom stereocenters. The minimum absolute atomic E-state index is 0.167. The van der Waals surface area contributed by atoms with Gasteiger partial charge >= 0.3 is 5.97 Å². The molecule has 78 valence electrons. The van der Waals surface area contributed by atoms with Crippen molar-refractivity contribution in [2.24, 2.45) is 5.73 Å². The average Bonchev–Trinajstić information content (AvgIpc) is 2.63. The Balaban J connectivity index is 2.34. The van der Waals surface area contributed by atoms with Gasteiger partial charge in [0.25, 0.3) is 5.22 Å². The molecule has 0 fully saturated rings. The zero-order valence-corrected chi connectivity index (χ0v) is 8.54. The molecular weight excluding hydrogens is 206 g/mol. The van der Waals surface area contributed by atoms with Crippen LogP contribution in [0.2, 0.25) is 0 Å². The molecule has 0 aliphatic carbocycles. The van der Waals surface area contributed by atoms with E-state index in [4.69, 9.17) is 14.9 Å². The summed E-state index contributed by atoms with van der Waals surface area (Å²) >= 11 is 1.13. The molecule has 1 aromatic heterocycles. The minimum atomic E-state index is -0.301. The van der Waals surface area contributed by atoms with E-state index in [-0.39, 0.29) is 18.3 Å². The highest BCUT2D eigenvalue weighted by molar-refractivity contribution is 7.99. The SMILES string of the molecule is CCOC(=O)CSc1nnc(CN)o1. The number of aromatic nitrogens is 2. The van der Waals surface area contributed by atoms with E-state index in [0.717, 1.165) is 11.8 Å². The summed E-state index contributed by atoms with van der Waals surface area (Å²) in [5, 5.41) is 7.65. The summed E-state index contributed by atoms with van der Waals surface area (Å²) in [7, 11) is 0. The van der Waals surface area contributed by atoms with Crippen LogP contribution in [0.25, 0.3) is 0 Å². The maximum atomic E-state index is 10.9. The molecule has 0 unspecified atom stereocenters. The van der Waals surface area contributed by atoms with Crippen molar-refractivity contribution < 1.29 is 13.9 Å². The van der Waals surface area contributed by atoms with Gasteiger partial charge in [0.2, 0.25) is 5.89 Å². The summed E-state index contributed by atoms with van der Waals surface area (Å²) in [6, 6.07) is 0. The number of hydrogen-bond donors (Lipinski definition) is 1. The third-order valence-electron chi connectivity index (χ3n) is 1.24. The van der Waals surface area contributed by atoms with E-state index >= 15 is 0 Å². The van der Waals surface area contributed by atoms with Gasteiger partial charge in [-0.1, -0.05) is 11.8 Å². The van der Waals surface area contributed by atoms with Crippen molar-refractivity contribution in [1.29, 1.82) is 0 Å². The van der Waals surface area contributed by atoms with Gasteiger partial charge in [0.15, 0.2) is 0 Å². The van der Waals surface area contributed by atoms with Gasteiger partial charge in [0.1, 0.15) is 5.75 Å². The van der Waals surface area contributed by atoms with Crippen LogP contribution in [0.4, 0.5) is 0 Å². The van der Waals surface area contributed by atoms with E-state index in [1.807, 2.05) is 0 Å². The van der Waals surface area contributed by atoms with Crippen molar-refractivity contribution in [2.75, 3.05) is 12.4 Å². The molecule has 7 heteroatoms. The highest BCUT2D eigenvalue weighted by atomic mass is 32.2. The Morgan fingerprint density at radius 1 is 1.64 bits per heavy atom. The molecule has 0 amide bonds. The highest BCUT2D eigenvalue weighted by Crippen LogP contribution is 2.15. The fourth-order valence-electron chi connectivity index (χ4n) is 0.702. The highest BCUT2D eigenvalue weighted by Gasteiger charge is 2.08. The van der Waals surface area contributed by atoms with Crippen LogP contribution in [0, 0.1) is 0 Å². The first kappa shape index (κ1) is 11.0. The van der Waals surface area contributed by atoms with Gasteiger partial charge in [0.05, 0.1) is 13.2 Å². The summed E-state index contributed by atoms with van der Waals surface area (Å²) < 4.78 is 9.79. The summed E-state index contributed by atoms with van der Waals surface area (Å²) in [5.74, 6) is 0.224. The van der Waals surface area contributed by atoms with Crippen molar-refractivity contribution in [3.63, 3.8) is 0 Å². The number of carbonyl (C=O) groups is 1. The van der Waals surface area contributed by atoms with Crippen LogP contribution in [0.15, 0.2) is 9.64 Å². The number of nitrogens with zero attached hydrogens (tertiary/aromatic N) is 2. The predicted octanol–water partition coefficient (Wildman–Crippen LogP) is 0.184. The molecule has 14 heavy (non-hydrogen) atoms. The molecule has 0 radical (unpaired) electrons. The molecule has 1 heterocycles. The fourth-order valence-corrected chi connectivity index (χ4v) is 1.28. The molecule has 6 nitrogen and oxygen atoms in total. The zero-order valence-electron chi connectivity index (χ0n) is 7.73. The monoisotopic (exact) mass is 217 g/mol. The van der Waals surface area contributed by atoms with Crippen LogP contribution in [-0.4, -0.2) is 28.5 Å². The number of esters is 1. The van der Waals surface area contributed by atoms with Gasteiger partial charge in [-0.15, -0.1) is 10.2 Å². The maximum Gasteiger partial charge on any atom is 0.316 e. The lowest BCUT2D eigenvalue weighted by Crippen LogP contribution is -2.06. The van der Waals surface area contributed by atoms with Crippen molar-refractivity contribution in [3.8, 4) is 0 Å². The molecule has 0 aromatic carbocycles. The molecule has 0 aliphatic heterocycles. The number of rotatable bonds is 5. The van der Waals surface area contributed by atoms with Crippen LogP contribution < -0.4 is 5.73 Å². The van der Waals surface area contributed by atoms with Gasteiger partial charge in [-0.25, -0.2) is 0 Å². The topological polar surface area (TPSA) is 91.2 Å². The quantitative estimate of drug-likeness (QED) is 0.555. The second-order valence-corrected chi connectivity index (χ2v) is 3.19. The van der Waals surface area contributed by atoms with Crippen LogP contribution in [0.1, 0.15) is 12.8 Å². The Morgan fingerprint density at radius 2 is 2.43 bits per heavy atom. The van der Waals surface area contributed by atoms with Gasteiger partial charge < -0.3 is 14.9 Å². The Bertz CT molecular complexity index is 302. The fraction of sp³-hybridized carbons (Fsp3) is 0.571. The first-order chi connectivity index (χ1) is 6.76. The predicted molar refractivity (Wildman–Crippen MR) is 49.5 cm³/mol. The first-order valence-corrected chi connectivity index (χ1v) is 5.05. The zero-order chi connectivity index (χ0) is 10.4. The first-order valence-electron chi connectivity index (χ1n) is 4.07. The van der Waals surface area contributed by atoms with Crippen molar-refractivity contribution >= 4 is 17.7 Å². The summed E-state index contributed by atoms with van der Waals surface area (Å²) in [6.45, 7) is 2.33. The number of nitrogens with two attached hydrogens (primary N) is 1. The van der Waals surface area contributed by atoms with Gasteiger partial charge in [-0.3, -0.25) is 4.79 Å². The average molecular weight is 217 g/mol. The van der Waals surface area contributed by atoms with Crippen LogP contribution in [0.5, 0.6) is 0 Å². The number of hydrogen-bond acceptors (Lipinski definition) is 7. The Kier molecular flexibility index (Phi) is 4.41. The molecular formula is C7H11N3O3S. The molecule has 0 aliphatic rings. The molecule has 0 saturated heterocycles. The number of carbonyl (C=O) groups excluding carboxylic acids is 1. The summed E-state index contributed by atoms with van der Waals surface area (Å²) in [4.78, 5) is 10.9. The minimum Gasteiger partial charge on any atom is -0.465 e. The molecule has 1 rings (SSSR count). The van der Waals surface area contributed by atoms with Gasteiger partial charge in [0, 0.05) is 0 Å². The van der Waals surface area contributed by atoms with Crippen molar-refractivity contribution in [2.45, 2.75) is 18.7 Å². The second kappa shape index (κ2) is 5.61. The summed E-state index contributed by atoms with van der Waals surface area (Å²) in [5.41, 5.74) is 5.27. The van der Waals surface area contributed by atoms with Crippen molar-refractivity contribution in [3.05, 3.63) is 5.89 Å². The normalized spacial score (nSPS) is 10.1. The molecule has 2 N–H and O–H groups in total. The molecule has 0 bridgehead atoms. The van der Waals surface area contributed by atoms with E-state index in [0.29, 0.717) is 17.7 Å². The van der Waals surface area contributed by atoms with Crippen LogP contribution in [-0.2, 0) is 16.1 Å². The smallest absolute Gasteiger partial charge is 0.316 e. The van der Waals surface area contributed by atoms with E-state index < -0.39 is 0 Å². The van der Waals surface area contributed by atoms with Gasteiger partial charge in [-0.05, 0) is 6.92 Å². The van der Waals surface area contributed by atoms with Gasteiger partial charge in [-0.2, -0.15) is 0 Å². The lowest BCUT2D eigenvalue weighted by molar-refractivity contribution is -0.139. The number of thioether (sulfide) groups is 1. The van der Waals surface area contributed by atoms with E-state index in [9.17, 15) is 4.79 Å². The van der Waals surface area contributed by atoms with Crippen LogP contribution >= 0.6 is 11.8 Å². The van der Waals surface area contributed by atoms with E-state index in [2.05, 4.69) is 10.2 Å². The molecule has 1 aromatic rings. The van der Waals surface area contributed by atoms with E-state index in [1.54, 1.807) is 6.92 Å². The van der Waals surface area contributed by atoms with E-state index in [1.165, 1.54) is 0 Å².